The number of aliphatic hydroxyl groups is 2. The minimum atomic E-state index is -4.29. The summed E-state index contributed by atoms with van der Waals surface area (Å²) in [4.78, 5) is 16.9. The Hall–Kier alpha value is -2.28. The summed E-state index contributed by atoms with van der Waals surface area (Å²) in [7, 11) is -5.13. The van der Waals surface area contributed by atoms with Gasteiger partial charge in [0, 0.05) is 18.0 Å². The molecular formula is C33H39BNO10P. The first-order valence-corrected chi connectivity index (χ1v) is 17.8. The summed E-state index contributed by atoms with van der Waals surface area (Å²) in [5, 5.41) is 26.8. The van der Waals surface area contributed by atoms with Gasteiger partial charge in [-0.25, -0.2) is 4.79 Å². The molecule has 8 aliphatic rings. The number of benzene rings is 1. The van der Waals surface area contributed by atoms with E-state index in [1.54, 1.807) is 69.4 Å². The Morgan fingerprint density at radius 2 is 1.89 bits per heavy atom. The predicted molar refractivity (Wildman–Crippen MR) is 164 cm³/mol. The second-order valence-corrected chi connectivity index (χ2v) is 16.9. The topological polar surface area (TPSA) is 146 Å². The molecule has 11 atom stereocenters. The van der Waals surface area contributed by atoms with Gasteiger partial charge in [0.05, 0.1) is 16.3 Å². The minimum Gasteiger partial charge on any atom is -0.451 e. The highest BCUT2D eigenvalue weighted by Gasteiger charge is 3.14. The van der Waals surface area contributed by atoms with Gasteiger partial charge in [-0.3, -0.25) is 13.6 Å². The average molecular weight is 651 g/mol. The van der Waals surface area contributed by atoms with E-state index in [1.165, 1.54) is 0 Å². The zero-order valence-electron chi connectivity index (χ0n) is 26.6. The van der Waals surface area contributed by atoms with Crippen LogP contribution in [0.2, 0.25) is 6.32 Å². The first kappa shape index (κ1) is 29.8. The molecule has 4 aliphatic heterocycles. The molecule has 13 heteroatoms. The summed E-state index contributed by atoms with van der Waals surface area (Å²) >= 11 is 0. The SMILES string of the molecule is C=C1CC[C@@]23OB(CC)O[C@@]45[C@H](OC(=O)c6ccc[nH]6)[C@](O)(C(C)C)[C@]6(C)[C@@]47O[P@@](=O)(c4ccccc4)O[C@H]1[C@@]27O[C@@]6(O)C[C@@]35C. The Bertz CT molecular complexity index is 1760. The molecule has 2 aromatic rings. The molecule has 1 aromatic heterocycles. The maximum Gasteiger partial charge on any atom is 0.457 e. The van der Waals surface area contributed by atoms with E-state index in [-0.39, 0.29) is 12.1 Å². The Labute approximate surface area is 267 Å². The highest BCUT2D eigenvalue weighted by atomic mass is 31.2. The van der Waals surface area contributed by atoms with Gasteiger partial charge in [-0.05, 0) is 61.8 Å². The number of esters is 1. The van der Waals surface area contributed by atoms with Crippen molar-refractivity contribution >= 4 is 26.0 Å². The molecule has 46 heavy (non-hydrogen) atoms. The third-order valence-electron chi connectivity index (χ3n) is 13.4. The fourth-order valence-corrected chi connectivity index (χ4v) is 14.0. The van der Waals surface area contributed by atoms with Gasteiger partial charge in [0.15, 0.2) is 23.1 Å². The van der Waals surface area contributed by atoms with Gasteiger partial charge in [-0.2, -0.15) is 0 Å². The van der Waals surface area contributed by atoms with Crippen molar-refractivity contribution in [3.8, 4) is 0 Å². The quantitative estimate of drug-likeness (QED) is 0.189. The fraction of sp³-hybridized carbons (Fsp3) is 0.606. The van der Waals surface area contributed by atoms with Crippen LogP contribution in [0.25, 0.3) is 0 Å². The van der Waals surface area contributed by atoms with E-state index < -0.39 is 83.4 Å². The van der Waals surface area contributed by atoms with Crippen LogP contribution in [0.3, 0.4) is 0 Å². The number of aromatic amines is 1. The van der Waals surface area contributed by atoms with Crippen molar-refractivity contribution in [3.05, 3.63) is 66.5 Å². The van der Waals surface area contributed by atoms with Crippen LogP contribution in [0.5, 0.6) is 0 Å². The third kappa shape index (κ3) is 2.46. The van der Waals surface area contributed by atoms with E-state index in [1.807, 2.05) is 13.8 Å². The van der Waals surface area contributed by atoms with E-state index in [0.29, 0.717) is 30.0 Å². The molecule has 7 bridgehead atoms. The molecule has 244 valence electrons. The maximum absolute atomic E-state index is 15.5. The highest BCUT2D eigenvalue weighted by molar-refractivity contribution is 7.62. The van der Waals surface area contributed by atoms with Gasteiger partial charge in [0.25, 0.3) is 0 Å². The number of ether oxygens (including phenoxy) is 2. The standard InChI is InChI=1S/C33H39BNO10P/c1-7-34-43-28-16-15-20(4)23-31(28)33(45-46(39,41-23)21-12-9-8-10-13-21)27(6)29(37,42-31)18-26(28,5)32(33,44-34)25(30(27,38)19(2)3)40-24(36)22-14-11-17-35-22/h8-14,17,19,23,25,35,37-38H,4,7,15-16,18H2,1-3,5-6H3/t23-,25-,26+,27-,28+,29+,30-,31-,32-,33+,46-/m1/s1. The molecule has 4 saturated heterocycles. The molecule has 3 N–H and O–H groups in total. The van der Waals surface area contributed by atoms with Crippen LogP contribution < -0.4 is 5.30 Å². The predicted octanol–water partition coefficient (Wildman–Crippen LogP) is 3.88. The molecule has 4 spiro atoms. The summed E-state index contributed by atoms with van der Waals surface area (Å²) in [6.07, 6.45) is 0.365. The van der Waals surface area contributed by atoms with E-state index in [4.69, 9.17) is 27.8 Å². The van der Waals surface area contributed by atoms with Gasteiger partial charge >= 0.3 is 20.7 Å². The molecular weight excluding hydrogens is 612 g/mol. The lowest BCUT2D eigenvalue weighted by atomic mass is 9.51. The monoisotopic (exact) mass is 651 g/mol. The van der Waals surface area contributed by atoms with Crippen LogP contribution in [-0.2, 0) is 32.4 Å². The van der Waals surface area contributed by atoms with Crippen molar-refractivity contribution in [2.24, 2.45) is 16.7 Å². The van der Waals surface area contributed by atoms with Crippen molar-refractivity contribution in [3.63, 3.8) is 0 Å². The zero-order chi connectivity index (χ0) is 32.6. The first-order chi connectivity index (χ1) is 21.7. The number of hydrogen-bond acceptors (Lipinski definition) is 10. The fourth-order valence-electron chi connectivity index (χ4n) is 11.8. The van der Waals surface area contributed by atoms with Gasteiger partial charge < -0.3 is 34.0 Å². The molecule has 10 rings (SSSR count). The average Bonchev–Trinajstić information content (AvgIpc) is 3.63. The van der Waals surface area contributed by atoms with Crippen LogP contribution in [0.15, 0.2) is 60.8 Å². The van der Waals surface area contributed by atoms with Crippen molar-refractivity contribution in [1.29, 1.82) is 0 Å². The first-order valence-electron chi connectivity index (χ1n) is 16.2. The van der Waals surface area contributed by atoms with Crippen molar-refractivity contribution in [2.45, 2.75) is 106 Å². The van der Waals surface area contributed by atoms with Gasteiger partial charge in [0.2, 0.25) is 0 Å². The number of nitrogens with one attached hydrogen (secondary N) is 1. The van der Waals surface area contributed by atoms with Crippen LogP contribution in [-0.4, -0.2) is 74.3 Å². The van der Waals surface area contributed by atoms with Crippen molar-refractivity contribution in [2.75, 3.05) is 0 Å². The summed E-state index contributed by atoms with van der Waals surface area (Å²) in [6, 6.07) is 11.9. The Morgan fingerprint density at radius 3 is 2.54 bits per heavy atom. The lowest BCUT2D eigenvalue weighted by Gasteiger charge is -2.65. The second kappa shape index (κ2) is 8.29. The van der Waals surface area contributed by atoms with Crippen molar-refractivity contribution in [1.82, 2.24) is 4.98 Å². The van der Waals surface area contributed by atoms with Crippen LogP contribution in [0.4, 0.5) is 0 Å². The second-order valence-electron chi connectivity index (χ2n) is 15.0. The van der Waals surface area contributed by atoms with E-state index in [9.17, 15) is 15.0 Å². The maximum atomic E-state index is 15.5. The van der Waals surface area contributed by atoms with E-state index in [2.05, 4.69) is 11.6 Å². The molecule has 0 amide bonds. The van der Waals surface area contributed by atoms with Crippen LogP contribution in [0.1, 0.15) is 64.4 Å². The highest BCUT2D eigenvalue weighted by Crippen LogP contribution is 2.96. The van der Waals surface area contributed by atoms with Crippen LogP contribution in [0, 0.1) is 16.7 Å². The Morgan fingerprint density at radius 1 is 1.15 bits per heavy atom. The van der Waals surface area contributed by atoms with Gasteiger partial charge in [-0.1, -0.05) is 52.5 Å². The normalized spacial score (nSPS) is 52.3. The third-order valence-corrected chi connectivity index (χ3v) is 15.3. The van der Waals surface area contributed by atoms with Crippen LogP contribution >= 0.6 is 7.60 Å². The smallest absolute Gasteiger partial charge is 0.451 e. The number of aromatic nitrogens is 1. The Balaban J connectivity index is 1.44. The van der Waals surface area contributed by atoms with Gasteiger partial charge in [0.1, 0.15) is 23.0 Å². The van der Waals surface area contributed by atoms with Gasteiger partial charge in [-0.15, -0.1) is 0 Å². The molecule has 0 radical (unpaired) electrons. The number of rotatable bonds is 5. The molecule has 1 aromatic carbocycles. The Kier molecular flexibility index (Phi) is 5.38. The molecule has 11 nitrogen and oxygen atoms in total. The largest absolute Gasteiger partial charge is 0.457 e. The summed E-state index contributed by atoms with van der Waals surface area (Å²) < 4.78 is 57.1. The minimum absolute atomic E-state index is 0.0276. The number of carbonyl (C=O) groups excluding carboxylic acids is 1. The number of H-pyrrole nitrogens is 1. The zero-order valence-corrected chi connectivity index (χ0v) is 27.5. The summed E-state index contributed by atoms with van der Waals surface area (Å²) in [5.74, 6) is -3.43. The molecule has 0 unspecified atom stereocenters. The van der Waals surface area contributed by atoms with E-state index in [0.717, 1.165) is 0 Å². The number of hydrogen-bond donors (Lipinski definition) is 3. The molecule has 5 heterocycles. The summed E-state index contributed by atoms with van der Waals surface area (Å²) in [5.41, 5.74) is -10.8. The number of carbonyl (C=O) groups is 1. The lowest BCUT2D eigenvalue weighted by Crippen LogP contribution is -2.78. The molecule has 8 fully saturated rings. The summed E-state index contributed by atoms with van der Waals surface area (Å²) in [6.45, 7) is 13.6. The van der Waals surface area contributed by atoms with Crippen molar-refractivity contribution < 1.29 is 47.4 Å². The molecule has 4 saturated carbocycles. The van der Waals surface area contributed by atoms with E-state index >= 15 is 4.57 Å². The molecule has 4 aliphatic carbocycles. The lowest BCUT2D eigenvalue weighted by molar-refractivity contribution is -0.385.